The summed E-state index contributed by atoms with van der Waals surface area (Å²) in [5.41, 5.74) is 0.797. The fourth-order valence-corrected chi connectivity index (χ4v) is 2.32. The van der Waals surface area contributed by atoms with Crippen molar-refractivity contribution >= 4 is 6.09 Å². The van der Waals surface area contributed by atoms with Gasteiger partial charge in [-0.15, -0.1) is 0 Å². The van der Waals surface area contributed by atoms with Gasteiger partial charge in [0, 0.05) is 19.1 Å². The summed E-state index contributed by atoms with van der Waals surface area (Å²) in [6, 6.07) is 8.36. The van der Waals surface area contributed by atoms with Crippen LogP contribution in [-0.2, 0) is 11.3 Å². The van der Waals surface area contributed by atoms with E-state index >= 15 is 0 Å². The molecule has 110 valence electrons. The van der Waals surface area contributed by atoms with Crippen LogP contribution in [0.5, 0.6) is 0 Å². The van der Waals surface area contributed by atoms with Gasteiger partial charge in [0.2, 0.25) is 0 Å². The number of hydrogen-bond donors (Lipinski definition) is 1. The molecule has 1 aromatic rings. The number of amides is 1. The van der Waals surface area contributed by atoms with Crippen LogP contribution in [0.3, 0.4) is 0 Å². The number of halogens is 2. The minimum absolute atomic E-state index is 0.0492. The van der Waals surface area contributed by atoms with Crippen LogP contribution in [0.15, 0.2) is 30.3 Å². The molecule has 4 nitrogen and oxygen atoms in total. The molecule has 0 bridgehead atoms. The van der Waals surface area contributed by atoms with Gasteiger partial charge in [0.15, 0.2) is 0 Å². The molecule has 0 radical (unpaired) electrons. The molecule has 1 atom stereocenters. The number of ether oxygens (including phenoxy) is 1. The Morgan fingerprint density at radius 3 is 2.75 bits per heavy atom. The van der Waals surface area contributed by atoms with Crippen LogP contribution in [0.2, 0.25) is 0 Å². The maximum absolute atomic E-state index is 13.4. The molecule has 0 aromatic heterocycles. The van der Waals surface area contributed by atoms with Crippen molar-refractivity contribution in [1.82, 2.24) is 4.90 Å². The van der Waals surface area contributed by atoms with Gasteiger partial charge in [0.25, 0.3) is 5.92 Å². The summed E-state index contributed by atoms with van der Waals surface area (Å²) in [7, 11) is 0. The van der Waals surface area contributed by atoms with E-state index in [0.717, 1.165) is 10.5 Å². The average Bonchev–Trinajstić information content (AvgIpc) is 2.73. The largest absolute Gasteiger partial charge is 0.445 e. The van der Waals surface area contributed by atoms with E-state index in [1.165, 1.54) is 0 Å². The highest BCUT2D eigenvalue weighted by molar-refractivity contribution is 5.68. The van der Waals surface area contributed by atoms with E-state index in [4.69, 9.17) is 9.84 Å². The molecule has 0 aliphatic carbocycles. The first-order valence-corrected chi connectivity index (χ1v) is 6.48. The molecule has 1 aliphatic rings. The van der Waals surface area contributed by atoms with Gasteiger partial charge in [-0.2, -0.15) is 0 Å². The number of aliphatic hydroxyl groups is 1. The zero-order valence-electron chi connectivity index (χ0n) is 11.0. The maximum Gasteiger partial charge on any atom is 0.410 e. The molecular weight excluding hydrogens is 268 g/mol. The molecule has 1 amide bonds. The second-order valence-electron chi connectivity index (χ2n) is 4.89. The summed E-state index contributed by atoms with van der Waals surface area (Å²) in [6.45, 7) is -0.831. The number of rotatable bonds is 4. The lowest BCUT2D eigenvalue weighted by Crippen LogP contribution is -2.37. The first-order chi connectivity index (χ1) is 9.52. The molecule has 1 fully saturated rings. The Hall–Kier alpha value is -1.69. The third-order valence-corrected chi connectivity index (χ3v) is 3.28. The Bertz CT molecular complexity index is 453. The van der Waals surface area contributed by atoms with Crippen LogP contribution in [0, 0.1) is 0 Å². The van der Waals surface area contributed by atoms with Gasteiger partial charge in [-0.3, -0.25) is 4.90 Å². The number of aliphatic hydroxyl groups excluding tert-OH is 1. The summed E-state index contributed by atoms with van der Waals surface area (Å²) >= 11 is 0. The van der Waals surface area contributed by atoms with E-state index in [-0.39, 0.29) is 19.6 Å². The highest BCUT2D eigenvalue weighted by atomic mass is 19.3. The monoisotopic (exact) mass is 285 g/mol. The van der Waals surface area contributed by atoms with Gasteiger partial charge < -0.3 is 9.84 Å². The Morgan fingerprint density at radius 2 is 2.10 bits per heavy atom. The molecule has 0 spiro atoms. The van der Waals surface area contributed by atoms with Crippen LogP contribution in [0.1, 0.15) is 18.4 Å². The second-order valence-corrected chi connectivity index (χ2v) is 4.89. The van der Waals surface area contributed by atoms with Gasteiger partial charge in [0.05, 0.1) is 6.54 Å². The minimum atomic E-state index is -2.91. The summed E-state index contributed by atoms with van der Waals surface area (Å²) < 4.78 is 31.8. The van der Waals surface area contributed by atoms with E-state index in [2.05, 4.69) is 0 Å². The van der Waals surface area contributed by atoms with Crippen molar-refractivity contribution in [3.05, 3.63) is 35.9 Å². The molecule has 20 heavy (non-hydrogen) atoms. The first-order valence-electron chi connectivity index (χ1n) is 6.48. The van der Waals surface area contributed by atoms with E-state index in [1.807, 2.05) is 18.2 Å². The number of benzene rings is 1. The van der Waals surface area contributed by atoms with Crippen molar-refractivity contribution in [3.63, 3.8) is 0 Å². The van der Waals surface area contributed by atoms with Crippen molar-refractivity contribution < 1.29 is 23.4 Å². The molecule has 1 heterocycles. The number of alkyl halides is 2. The predicted octanol–water partition coefficient (Wildman–Crippen LogP) is 2.42. The highest BCUT2D eigenvalue weighted by Gasteiger charge is 2.47. The van der Waals surface area contributed by atoms with Crippen LogP contribution >= 0.6 is 0 Å². The van der Waals surface area contributed by atoms with Gasteiger partial charge in [0.1, 0.15) is 6.61 Å². The van der Waals surface area contributed by atoms with Crippen molar-refractivity contribution in [2.24, 2.45) is 0 Å². The van der Waals surface area contributed by atoms with Gasteiger partial charge in [-0.1, -0.05) is 30.3 Å². The van der Waals surface area contributed by atoms with Crippen LogP contribution in [-0.4, -0.2) is 41.2 Å². The summed E-state index contributed by atoms with van der Waals surface area (Å²) in [5.74, 6) is -2.91. The fraction of sp³-hybridized carbons (Fsp3) is 0.500. The van der Waals surface area contributed by atoms with E-state index in [0.29, 0.717) is 0 Å². The first kappa shape index (κ1) is 14.7. The van der Waals surface area contributed by atoms with Crippen molar-refractivity contribution in [3.8, 4) is 0 Å². The van der Waals surface area contributed by atoms with Crippen LogP contribution in [0.25, 0.3) is 0 Å². The third-order valence-electron chi connectivity index (χ3n) is 3.28. The molecule has 1 N–H and O–H groups in total. The zero-order chi connectivity index (χ0) is 14.6. The molecule has 1 aliphatic heterocycles. The number of carbonyl (C=O) groups excluding carboxylic acids is 1. The van der Waals surface area contributed by atoms with E-state index in [9.17, 15) is 13.6 Å². The highest BCUT2D eigenvalue weighted by Crippen LogP contribution is 2.33. The Balaban J connectivity index is 1.93. The Kier molecular flexibility index (Phi) is 4.54. The van der Waals surface area contributed by atoms with Crippen LogP contribution < -0.4 is 0 Å². The van der Waals surface area contributed by atoms with Crippen LogP contribution in [0.4, 0.5) is 13.6 Å². The molecule has 1 aromatic carbocycles. The van der Waals surface area contributed by atoms with E-state index in [1.54, 1.807) is 12.1 Å². The number of nitrogens with zero attached hydrogens (tertiary/aromatic N) is 1. The van der Waals surface area contributed by atoms with Gasteiger partial charge in [-0.05, 0) is 12.0 Å². The zero-order valence-corrected chi connectivity index (χ0v) is 11.0. The van der Waals surface area contributed by atoms with Gasteiger partial charge >= 0.3 is 6.09 Å². The maximum atomic E-state index is 13.4. The standard InChI is InChI=1S/C14H17F2NO3/c15-14(16)8-12(6-7-18)17(10-14)13(19)20-9-11-4-2-1-3-5-11/h1-5,12,18H,6-10H2. The normalized spacial score (nSPS) is 20.9. The molecule has 1 unspecified atom stereocenters. The number of hydrogen-bond acceptors (Lipinski definition) is 3. The number of carbonyl (C=O) groups is 1. The topological polar surface area (TPSA) is 49.8 Å². The Labute approximate surface area is 116 Å². The predicted molar refractivity (Wildman–Crippen MR) is 68.4 cm³/mol. The molecule has 2 rings (SSSR count). The summed E-state index contributed by atoms with van der Waals surface area (Å²) in [5, 5.41) is 8.88. The summed E-state index contributed by atoms with van der Waals surface area (Å²) in [6.07, 6.45) is -1.05. The lowest BCUT2D eigenvalue weighted by atomic mass is 10.1. The van der Waals surface area contributed by atoms with E-state index < -0.39 is 31.0 Å². The molecule has 6 heteroatoms. The van der Waals surface area contributed by atoms with Gasteiger partial charge in [-0.25, -0.2) is 13.6 Å². The molecular formula is C14H17F2NO3. The smallest absolute Gasteiger partial charge is 0.410 e. The SMILES string of the molecule is O=C(OCc1ccccc1)N1CC(F)(F)CC1CCO. The quantitative estimate of drug-likeness (QED) is 0.924. The molecule has 0 saturated carbocycles. The second kappa shape index (κ2) is 6.17. The average molecular weight is 285 g/mol. The lowest BCUT2D eigenvalue weighted by Gasteiger charge is -2.22. The van der Waals surface area contributed by atoms with Crippen molar-refractivity contribution in [2.75, 3.05) is 13.2 Å². The Morgan fingerprint density at radius 1 is 1.40 bits per heavy atom. The number of likely N-dealkylation sites (tertiary alicyclic amines) is 1. The van der Waals surface area contributed by atoms with Crippen molar-refractivity contribution in [2.45, 2.75) is 31.4 Å². The van der Waals surface area contributed by atoms with Crippen molar-refractivity contribution in [1.29, 1.82) is 0 Å². The lowest BCUT2D eigenvalue weighted by molar-refractivity contribution is 0.0101. The minimum Gasteiger partial charge on any atom is -0.445 e. The fourth-order valence-electron chi connectivity index (χ4n) is 2.32. The molecule has 1 saturated heterocycles. The third kappa shape index (κ3) is 3.66. The summed E-state index contributed by atoms with van der Waals surface area (Å²) in [4.78, 5) is 12.9.